The average molecular weight is 543 g/mol. The van der Waals surface area contributed by atoms with Gasteiger partial charge in [0.1, 0.15) is 17.5 Å². The number of carbonyl (C=O) groups excluding carboxylic acids is 2. The first-order valence-corrected chi connectivity index (χ1v) is 13.2. The number of aryl methyl sites for hydroxylation is 3. The van der Waals surface area contributed by atoms with Gasteiger partial charge in [-0.15, -0.1) is 0 Å². The van der Waals surface area contributed by atoms with Gasteiger partial charge in [0.05, 0.1) is 35.0 Å². The van der Waals surface area contributed by atoms with E-state index in [-0.39, 0.29) is 29.4 Å². The number of aromatic amines is 1. The molecule has 0 spiro atoms. The highest BCUT2D eigenvalue weighted by molar-refractivity contribution is 5.96. The summed E-state index contributed by atoms with van der Waals surface area (Å²) < 4.78 is 5.69. The van der Waals surface area contributed by atoms with Crippen molar-refractivity contribution in [3.8, 4) is 17.6 Å². The Morgan fingerprint density at radius 2 is 1.90 bits per heavy atom. The van der Waals surface area contributed by atoms with Gasteiger partial charge >= 0.3 is 5.56 Å². The molecule has 208 valence electrons. The van der Waals surface area contributed by atoms with Crippen molar-refractivity contribution in [2.24, 2.45) is 5.41 Å². The van der Waals surface area contributed by atoms with Crippen molar-refractivity contribution < 1.29 is 14.3 Å². The highest BCUT2D eigenvalue weighted by atomic mass is 16.5. The lowest BCUT2D eigenvalue weighted by atomic mass is 9.84. The quantitative estimate of drug-likeness (QED) is 0.454. The molecule has 2 aromatic heterocycles. The monoisotopic (exact) mass is 542 g/mol. The number of nitrogens with one attached hydrogen (secondary N) is 2. The SMILES string of the molecule is Cc1cccc([C@@H]2CC[C@H](C(C)(C)C#N)N2C(=O)[C@@H](C)NC(=O)c2ccc(Oc3cc(C)n[nH]c3=O)c(C)n2)c1. The van der Waals surface area contributed by atoms with Gasteiger partial charge in [0.2, 0.25) is 5.91 Å². The van der Waals surface area contributed by atoms with E-state index in [2.05, 4.69) is 32.6 Å². The number of pyridine rings is 1. The molecule has 4 rings (SSSR count). The van der Waals surface area contributed by atoms with Crippen LogP contribution in [0.2, 0.25) is 0 Å². The smallest absolute Gasteiger partial charge is 0.307 e. The lowest BCUT2D eigenvalue weighted by Gasteiger charge is -2.38. The molecule has 1 aliphatic heterocycles. The van der Waals surface area contributed by atoms with E-state index in [4.69, 9.17) is 4.74 Å². The van der Waals surface area contributed by atoms with E-state index in [0.717, 1.165) is 17.5 Å². The topological polar surface area (TPSA) is 141 Å². The molecule has 2 N–H and O–H groups in total. The van der Waals surface area contributed by atoms with E-state index in [1.54, 1.807) is 31.7 Å². The van der Waals surface area contributed by atoms with Crippen molar-refractivity contribution in [3.63, 3.8) is 0 Å². The van der Waals surface area contributed by atoms with E-state index >= 15 is 0 Å². The molecule has 1 saturated heterocycles. The molecule has 0 unspecified atom stereocenters. The first-order valence-electron chi connectivity index (χ1n) is 13.2. The fourth-order valence-corrected chi connectivity index (χ4v) is 5.12. The Balaban J connectivity index is 1.53. The van der Waals surface area contributed by atoms with Crippen LogP contribution in [0.5, 0.6) is 11.5 Å². The summed E-state index contributed by atoms with van der Waals surface area (Å²) in [4.78, 5) is 45.1. The summed E-state index contributed by atoms with van der Waals surface area (Å²) in [5, 5.41) is 18.8. The summed E-state index contributed by atoms with van der Waals surface area (Å²) in [5.74, 6) is -0.390. The van der Waals surface area contributed by atoms with Gasteiger partial charge in [-0.3, -0.25) is 14.4 Å². The third-order valence-corrected chi connectivity index (χ3v) is 7.29. The molecule has 1 fully saturated rings. The van der Waals surface area contributed by atoms with Gasteiger partial charge in [-0.1, -0.05) is 29.8 Å². The van der Waals surface area contributed by atoms with Gasteiger partial charge < -0.3 is 15.0 Å². The summed E-state index contributed by atoms with van der Waals surface area (Å²) in [6, 6.07) is 13.6. The van der Waals surface area contributed by atoms with Crippen LogP contribution in [-0.2, 0) is 4.79 Å². The number of nitriles is 1. The van der Waals surface area contributed by atoms with Gasteiger partial charge in [0, 0.05) is 6.07 Å². The minimum Gasteiger partial charge on any atom is -0.450 e. The van der Waals surface area contributed by atoms with Crippen molar-refractivity contribution in [1.82, 2.24) is 25.4 Å². The van der Waals surface area contributed by atoms with Gasteiger partial charge in [-0.2, -0.15) is 10.4 Å². The molecule has 1 aromatic carbocycles. The molecule has 40 heavy (non-hydrogen) atoms. The van der Waals surface area contributed by atoms with Crippen LogP contribution in [0.3, 0.4) is 0 Å². The van der Waals surface area contributed by atoms with Crippen LogP contribution in [0, 0.1) is 37.5 Å². The van der Waals surface area contributed by atoms with Crippen molar-refractivity contribution in [2.45, 2.75) is 72.5 Å². The molecule has 0 saturated carbocycles. The summed E-state index contributed by atoms with van der Waals surface area (Å²) in [5.41, 5.74) is 1.94. The number of carbonyl (C=O) groups is 2. The van der Waals surface area contributed by atoms with Crippen molar-refractivity contribution in [3.05, 3.63) is 81.0 Å². The fraction of sp³-hybridized carbons (Fsp3) is 0.400. The minimum atomic E-state index is -0.855. The summed E-state index contributed by atoms with van der Waals surface area (Å²) >= 11 is 0. The molecular weight excluding hydrogens is 508 g/mol. The second-order valence-corrected chi connectivity index (χ2v) is 10.9. The van der Waals surface area contributed by atoms with Crippen LogP contribution >= 0.6 is 0 Å². The number of hydrogen-bond donors (Lipinski definition) is 2. The maximum absolute atomic E-state index is 13.9. The first-order chi connectivity index (χ1) is 18.9. The summed E-state index contributed by atoms with van der Waals surface area (Å²) in [6.07, 6.45) is 1.42. The number of ether oxygens (including phenoxy) is 1. The highest BCUT2D eigenvalue weighted by Gasteiger charge is 2.46. The van der Waals surface area contributed by atoms with E-state index in [1.165, 1.54) is 12.1 Å². The Morgan fingerprint density at radius 1 is 1.15 bits per heavy atom. The van der Waals surface area contributed by atoms with E-state index in [1.807, 2.05) is 39.0 Å². The Hall–Kier alpha value is -4.52. The second kappa shape index (κ2) is 11.3. The molecule has 2 amide bonds. The van der Waals surface area contributed by atoms with Crippen molar-refractivity contribution >= 4 is 11.8 Å². The molecule has 0 aliphatic carbocycles. The Morgan fingerprint density at radius 3 is 2.58 bits per heavy atom. The van der Waals surface area contributed by atoms with Gasteiger partial charge in [0.25, 0.3) is 5.91 Å². The number of H-pyrrole nitrogens is 1. The molecular formula is C30H34N6O4. The summed E-state index contributed by atoms with van der Waals surface area (Å²) in [7, 11) is 0. The Bertz CT molecular complexity index is 1540. The Kier molecular flexibility index (Phi) is 8.05. The van der Waals surface area contributed by atoms with Gasteiger partial charge in [-0.25, -0.2) is 10.1 Å². The predicted molar refractivity (Wildman–Crippen MR) is 149 cm³/mol. The number of amides is 2. The number of likely N-dealkylation sites (tertiary alicyclic amines) is 1. The Labute approximate surface area is 233 Å². The third-order valence-electron chi connectivity index (χ3n) is 7.29. The van der Waals surface area contributed by atoms with Crippen LogP contribution < -0.4 is 15.6 Å². The molecule has 3 heterocycles. The number of hydrogen-bond acceptors (Lipinski definition) is 7. The zero-order valence-electron chi connectivity index (χ0n) is 23.6. The fourth-order valence-electron chi connectivity index (χ4n) is 5.12. The number of aromatic nitrogens is 3. The number of benzene rings is 1. The maximum atomic E-state index is 13.9. The van der Waals surface area contributed by atoms with Crippen LogP contribution in [0.25, 0.3) is 0 Å². The van der Waals surface area contributed by atoms with Crippen molar-refractivity contribution in [2.75, 3.05) is 0 Å². The lowest BCUT2D eigenvalue weighted by molar-refractivity contribution is -0.137. The van der Waals surface area contributed by atoms with Crippen LogP contribution in [0.1, 0.15) is 72.7 Å². The largest absolute Gasteiger partial charge is 0.450 e. The highest BCUT2D eigenvalue weighted by Crippen LogP contribution is 2.43. The minimum absolute atomic E-state index is 0.0671. The number of rotatable bonds is 7. The average Bonchev–Trinajstić information content (AvgIpc) is 3.37. The van der Waals surface area contributed by atoms with E-state index < -0.39 is 22.9 Å². The normalized spacial score (nSPS) is 17.7. The predicted octanol–water partition coefficient (Wildman–Crippen LogP) is 4.28. The lowest BCUT2D eigenvalue weighted by Crippen LogP contribution is -2.52. The second-order valence-electron chi connectivity index (χ2n) is 10.9. The van der Waals surface area contributed by atoms with Gasteiger partial charge in [0.15, 0.2) is 5.75 Å². The molecule has 0 bridgehead atoms. The van der Waals surface area contributed by atoms with E-state index in [9.17, 15) is 19.6 Å². The molecule has 3 atom stereocenters. The molecule has 1 aliphatic rings. The van der Waals surface area contributed by atoms with Crippen molar-refractivity contribution in [1.29, 1.82) is 5.26 Å². The molecule has 10 nitrogen and oxygen atoms in total. The maximum Gasteiger partial charge on any atom is 0.307 e. The molecule has 10 heteroatoms. The van der Waals surface area contributed by atoms with Crippen LogP contribution in [0.15, 0.2) is 47.3 Å². The summed E-state index contributed by atoms with van der Waals surface area (Å²) in [6.45, 7) is 10.7. The van der Waals surface area contributed by atoms with E-state index in [0.29, 0.717) is 23.6 Å². The zero-order valence-corrected chi connectivity index (χ0v) is 23.6. The zero-order chi connectivity index (χ0) is 29.2. The van der Waals surface area contributed by atoms with Crippen LogP contribution in [-0.4, -0.2) is 44.0 Å². The standard InChI is InChI=1S/C30H34N6O4/c1-17-8-7-9-21(14-17)23-11-13-26(30(5,6)16-31)36(23)29(39)20(4)33-27(37)22-10-12-24(19(3)32-22)40-25-15-18(2)34-35-28(25)38/h7-10,12,14-15,20,23,26H,11,13H2,1-6H3,(H,33,37)(H,35,38)/t20-,23+,26-/m1/s1. The van der Waals surface area contributed by atoms with Gasteiger partial charge in [-0.05, 0) is 72.1 Å². The third kappa shape index (κ3) is 5.88. The first kappa shape index (κ1) is 28.5. The molecule has 0 radical (unpaired) electrons. The molecule has 3 aromatic rings. The number of nitrogens with zero attached hydrogens (tertiary/aromatic N) is 4. The van der Waals surface area contributed by atoms with Crippen LogP contribution in [0.4, 0.5) is 0 Å².